The van der Waals surface area contributed by atoms with E-state index in [2.05, 4.69) is 4.98 Å². The average molecular weight is 234 g/mol. The number of rotatable bonds is 3. The molecule has 1 N–H and O–H groups in total. The van der Waals surface area contributed by atoms with E-state index in [1.807, 2.05) is 25.1 Å². The van der Waals surface area contributed by atoms with Gasteiger partial charge in [0.25, 0.3) is 0 Å². The monoisotopic (exact) mass is 234 g/mol. The molecule has 0 aromatic carbocycles. The first-order valence-corrected chi connectivity index (χ1v) is 5.53. The molecule has 5 nitrogen and oxygen atoms in total. The molecule has 2 rings (SSSR count). The molecule has 1 aliphatic heterocycles. The van der Waals surface area contributed by atoms with Gasteiger partial charge in [-0.15, -0.1) is 0 Å². The molecule has 0 aliphatic carbocycles. The van der Waals surface area contributed by atoms with Crippen molar-refractivity contribution in [1.82, 2.24) is 9.88 Å². The Balaban J connectivity index is 2.14. The molecule has 2 heterocycles. The number of carboxylic acid groups (broad SMARTS) is 1. The van der Waals surface area contributed by atoms with Crippen LogP contribution in [-0.4, -0.2) is 33.4 Å². The average Bonchev–Trinajstić information content (AvgIpc) is 2.72. The smallest absolute Gasteiger partial charge is 0.308 e. The van der Waals surface area contributed by atoms with Crippen molar-refractivity contribution in [1.29, 1.82) is 0 Å². The molecule has 1 aliphatic rings. The molecule has 2 unspecified atom stereocenters. The van der Waals surface area contributed by atoms with Gasteiger partial charge in [-0.1, -0.05) is 6.07 Å². The lowest BCUT2D eigenvalue weighted by Gasteiger charge is -2.23. The van der Waals surface area contributed by atoms with Crippen molar-refractivity contribution in [2.75, 3.05) is 6.54 Å². The predicted molar refractivity (Wildman–Crippen MR) is 60.1 cm³/mol. The van der Waals surface area contributed by atoms with Crippen molar-refractivity contribution in [2.45, 2.75) is 19.4 Å². The Morgan fingerprint density at radius 3 is 2.88 bits per heavy atom. The van der Waals surface area contributed by atoms with Crippen molar-refractivity contribution < 1.29 is 14.7 Å². The van der Waals surface area contributed by atoms with E-state index in [9.17, 15) is 9.59 Å². The molecule has 0 radical (unpaired) electrons. The molecular formula is C12H14N2O3. The van der Waals surface area contributed by atoms with Gasteiger partial charge in [-0.2, -0.15) is 0 Å². The zero-order valence-electron chi connectivity index (χ0n) is 9.54. The normalized spacial score (nSPS) is 21.6. The number of nitrogens with zero attached hydrogens (tertiary/aromatic N) is 2. The van der Waals surface area contributed by atoms with Gasteiger partial charge in [-0.25, -0.2) is 0 Å². The summed E-state index contributed by atoms with van der Waals surface area (Å²) >= 11 is 0. The van der Waals surface area contributed by atoms with Gasteiger partial charge < -0.3 is 10.0 Å². The van der Waals surface area contributed by atoms with Gasteiger partial charge in [0.1, 0.15) is 0 Å². The molecule has 0 saturated carbocycles. The van der Waals surface area contributed by atoms with Crippen LogP contribution in [0.25, 0.3) is 0 Å². The second-order valence-corrected chi connectivity index (χ2v) is 4.22. The molecule has 90 valence electrons. The van der Waals surface area contributed by atoms with Crippen molar-refractivity contribution in [3.8, 4) is 0 Å². The number of amides is 1. The van der Waals surface area contributed by atoms with E-state index >= 15 is 0 Å². The minimum Gasteiger partial charge on any atom is -0.481 e. The van der Waals surface area contributed by atoms with E-state index in [1.165, 1.54) is 0 Å². The number of carboxylic acids is 1. The molecule has 0 spiro atoms. The summed E-state index contributed by atoms with van der Waals surface area (Å²) in [5.41, 5.74) is 0.784. The maximum absolute atomic E-state index is 11.7. The lowest BCUT2D eigenvalue weighted by molar-refractivity contribution is -0.141. The van der Waals surface area contributed by atoms with E-state index in [1.54, 1.807) is 11.1 Å². The largest absolute Gasteiger partial charge is 0.481 e. The summed E-state index contributed by atoms with van der Waals surface area (Å²) in [5, 5.41) is 8.91. The Labute approximate surface area is 99.1 Å². The fourth-order valence-electron chi connectivity index (χ4n) is 2.05. The van der Waals surface area contributed by atoms with Crippen LogP contribution >= 0.6 is 0 Å². The minimum absolute atomic E-state index is 0.0898. The Bertz CT molecular complexity index is 433. The highest BCUT2D eigenvalue weighted by Crippen LogP contribution is 2.27. The van der Waals surface area contributed by atoms with Gasteiger partial charge >= 0.3 is 5.97 Å². The predicted octanol–water partition coefficient (Wildman–Crippen LogP) is 1.08. The molecule has 1 aromatic heterocycles. The van der Waals surface area contributed by atoms with Crippen molar-refractivity contribution in [3.05, 3.63) is 30.1 Å². The van der Waals surface area contributed by atoms with Crippen LogP contribution < -0.4 is 0 Å². The van der Waals surface area contributed by atoms with Crippen LogP contribution in [0, 0.1) is 5.92 Å². The molecular weight excluding hydrogens is 220 g/mol. The van der Waals surface area contributed by atoms with Gasteiger partial charge in [0.05, 0.1) is 17.7 Å². The second-order valence-electron chi connectivity index (χ2n) is 4.22. The van der Waals surface area contributed by atoms with Gasteiger partial charge in [0.15, 0.2) is 0 Å². The molecule has 17 heavy (non-hydrogen) atoms. The Morgan fingerprint density at radius 1 is 1.59 bits per heavy atom. The SMILES string of the molecule is CC(c1ccccn1)N1CC(C(=O)O)CC1=O. The standard InChI is InChI=1S/C12H14N2O3/c1-8(10-4-2-3-5-13-10)14-7-9(12(16)17)6-11(14)15/h2-5,8-9H,6-7H2,1H3,(H,16,17). The highest BCUT2D eigenvalue weighted by Gasteiger charge is 2.37. The zero-order chi connectivity index (χ0) is 12.4. The Kier molecular flexibility index (Phi) is 3.08. The van der Waals surface area contributed by atoms with Crippen molar-refractivity contribution in [3.63, 3.8) is 0 Å². The van der Waals surface area contributed by atoms with Crippen LogP contribution in [-0.2, 0) is 9.59 Å². The number of aromatic nitrogens is 1. The Hall–Kier alpha value is -1.91. The lowest BCUT2D eigenvalue weighted by atomic mass is 10.1. The summed E-state index contributed by atoms with van der Waals surface area (Å²) in [5.74, 6) is -1.61. The number of carbonyl (C=O) groups is 2. The van der Waals surface area contributed by atoms with E-state index in [0.717, 1.165) is 5.69 Å². The van der Waals surface area contributed by atoms with Crippen molar-refractivity contribution in [2.24, 2.45) is 5.92 Å². The quantitative estimate of drug-likeness (QED) is 0.849. The zero-order valence-corrected chi connectivity index (χ0v) is 9.54. The maximum Gasteiger partial charge on any atom is 0.308 e. The number of pyridine rings is 1. The summed E-state index contributed by atoms with van der Waals surface area (Å²) < 4.78 is 0. The lowest BCUT2D eigenvalue weighted by Crippen LogP contribution is -2.29. The van der Waals surface area contributed by atoms with Crippen LogP contribution in [0.4, 0.5) is 0 Å². The van der Waals surface area contributed by atoms with E-state index in [4.69, 9.17) is 5.11 Å². The third kappa shape index (κ3) is 2.27. The molecule has 2 atom stereocenters. The Morgan fingerprint density at radius 2 is 2.35 bits per heavy atom. The van der Waals surface area contributed by atoms with E-state index in [-0.39, 0.29) is 24.9 Å². The van der Waals surface area contributed by atoms with Gasteiger partial charge in [0.2, 0.25) is 5.91 Å². The van der Waals surface area contributed by atoms with Gasteiger partial charge in [-0.3, -0.25) is 14.6 Å². The maximum atomic E-state index is 11.7. The topological polar surface area (TPSA) is 70.5 Å². The highest BCUT2D eigenvalue weighted by atomic mass is 16.4. The molecule has 1 fully saturated rings. The minimum atomic E-state index is -0.908. The third-order valence-electron chi connectivity index (χ3n) is 3.09. The summed E-state index contributed by atoms with van der Waals surface area (Å²) in [7, 11) is 0. The van der Waals surface area contributed by atoms with Gasteiger partial charge in [0, 0.05) is 19.2 Å². The molecule has 5 heteroatoms. The fourth-order valence-corrected chi connectivity index (χ4v) is 2.05. The number of aliphatic carboxylic acids is 1. The summed E-state index contributed by atoms with van der Waals surface area (Å²) in [4.78, 5) is 28.4. The van der Waals surface area contributed by atoms with E-state index < -0.39 is 11.9 Å². The summed E-state index contributed by atoms with van der Waals surface area (Å²) in [6.45, 7) is 2.14. The van der Waals surface area contributed by atoms with Crippen LogP contribution in [0.3, 0.4) is 0 Å². The molecule has 1 aromatic rings. The summed E-state index contributed by atoms with van der Waals surface area (Å²) in [6.07, 6.45) is 1.76. The van der Waals surface area contributed by atoms with E-state index in [0.29, 0.717) is 0 Å². The molecule has 1 amide bonds. The highest BCUT2D eigenvalue weighted by molar-refractivity contribution is 5.86. The third-order valence-corrected chi connectivity index (χ3v) is 3.09. The van der Waals surface area contributed by atoms with Crippen LogP contribution in [0.2, 0.25) is 0 Å². The van der Waals surface area contributed by atoms with Gasteiger partial charge in [-0.05, 0) is 19.1 Å². The van der Waals surface area contributed by atoms with Crippen LogP contribution in [0.1, 0.15) is 25.1 Å². The number of hydrogen-bond donors (Lipinski definition) is 1. The van der Waals surface area contributed by atoms with Crippen molar-refractivity contribution >= 4 is 11.9 Å². The first-order valence-electron chi connectivity index (χ1n) is 5.53. The molecule has 0 bridgehead atoms. The summed E-state index contributed by atoms with van der Waals surface area (Å²) in [6, 6.07) is 5.33. The molecule has 1 saturated heterocycles. The second kappa shape index (κ2) is 4.53. The first-order chi connectivity index (χ1) is 8.09. The van der Waals surface area contributed by atoms with Crippen LogP contribution in [0.5, 0.6) is 0 Å². The first kappa shape index (κ1) is 11.6. The number of carbonyl (C=O) groups excluding carboxylic acids is 1. The number of hydrogen-bond acceptors (Lipinski definition) is 3. The number of likely N-dealkylation sites (tertiary alicyclic amines) is 1. The fraction of sp³-hybridized carbons (Fsp3) is 0.417. The van der Waals surface area contributed by atoms with Crippen LogP contribution in [0.15, 0.2) is 24.4 Å².